The highest BCUT2D eigenvalue weighted by atomic mass is 16.5. The molecule has 0 unspecified atom stereocenters. The highest BCUT2D eigenvalue weighted by Crippen LogP contribution is 2.26. The highest BCUT2D eigenvalue weighted by molar-refractivity contribution is 6.13. The van der Waals surface area contributed by atoms with Crippen molar-refractivity contribution in [2.24, 2.45) is 0 Å². The number of allylic oxidation sites excluding steroid dienone is 1. The standard InChI is InChI=1S/C23H22O6/c1-3-23(26)28-12-4-5-17-6-7-19(22(13-17)27-2)14-20(15-24)18-8-10-21(11-9-18)29-16-25/h3,6-11,13-16H,1,4-5,12H2,2H3/b20-14+. The van der Waals surface area contributed by atoms with Crippen LogP contribution in [0.15, 0.2) is 55.1 Å². The lowest BCUT2D eigenvalue weighted by Crippen LogP contribution is -2.03. The van der Waals surface area contributed by atoms with Crippen LogP contribution in [0.5, 0.6) is 11.5 Å². The van der Waals surface area contributed by atoms with Gasteiger partial charge in [0.1, 0.15) is 11.5 Å². The minimum absolute atomic E-state index is 0.313. The summed E-state index contributed by atoms with van der Waals surface area (Å²) in [6.07, 6.45) is 5.02. The maximum absolute atomic E-state index is 11.6. The molecule has 0 aliphatic rings. The molecule has 2 aromatic rings. The van der Waals surface area contributed by atoms with Crippen molar-refractivity contribution in [1.29, 1.82) is 0 Å². The zero-order valence-electron chi connectivity index (χ0n) is 16.1. The smallest absolute Gasteiger partial charge is 0.330 e. The molecule has 0 aliphatic carbocycles. The van der Waals surface area contributed by atoms with Gasteiger partial charge in [-0.3, -0.25) is 9.59 Å². The van der Waals surface area contributed by atoms with Gasteiger partial charge >= 0.3 is 5.97 Å². The molecule has 0 heterocycles. The summed E-state index contributed by atoms with van der Waals surface area (Å²) in [5, 5.41) is 0. The Kier molecular flexibility index (Phi) is 8.38. The van der Waals surface area contributed by atoms with Crippen molar-refractivity contribution in [1.82, 2.24) is 0 Å². The van der Waals surface area contributed by atoms with Gasteiger partial charge in [-0.15, -0.1) is 0 Å². The van der Waals surface area contributed by atoms with Crippen molar-refractivity contribution < 1.29 is 28.6 Å². The molecule has 0 bridgehead atoms. The van der Waals surface area contributed by atoms with E-state index in [1.807, 2.05) is 18.2 Å². The van der Waals surface area contributed by atoms with Crippen molar-refractivity contribution in [3.63, 3.8) is 0 Å². The molecule has 0 aliphatic heterocycles. The van der Waals surface area contributed by atoms with Crippen molar-refractivity contribution in [3.8, 4) is 11.5 Å². The molecule has 2 rings (SSSR count). The van der Waals surface area contributed by atoms with E-state index >= 15 is 0 Å². The molecule has 6 heteroatoms. The number of ether oxygens (including phenoxy) is 3. The lowest BCUT2D eigenvalue weighted by atomic mass is 10.0. The summed E-state index contributed by atoms with van der Waals surface area (Å²) >= 11 is 0. The second-order valence-electron chi connectivity index (χ2n) is 6.01. The summed E-state index contributed by atoms with van der Waals surface area (Å²) < 4.78 is 15.2. The van der Waals surface area contributed by atoms with Crippen LogP contribution in [0.2, 0.25) is 0 Å². The monoisotopic (exact) mass is 394 g/mol. The van der Waals surface area contributed by atoms with E-state index in [-0.39, 0.29) is 0 Å². The van der Waals surface area contributed by atoms with E-state index in [0.717, 1.165) is 23.5 Å². The summed E-state index contributed by atoms with van der Waals surface area (Å²) in [7, 11) is 1.56. The van der Waals surface area contributed by atoms with Crippen LogP contribution < -0.4 is 9.47 Å². The first kappa shape index (κ1) is 21.6. The molecular weight excluding hydrogens is 372 g/mol. The summed E-state index contributed by atoms with van der Waals surface area (Å²) in [5.41, 5.74) is 2.93. The van der Waals surface area contributed by atoms with Crippen molar-refractivity contribution >= 4 is 30.4 Å². The number of hydrogen-bond donors (Lipinski definition) is 0. The summed E-state index contributed by atoms with van der Waals surface area (Å²) in [6.45, 7) is 4.02. The van der Waals surface area contributed by atoms with E-state index in [1.54, 1.807) is 37.5 Å². The Hall–Kier alpha value is -3.67. The van der Waals surface area contributed by atoms with Gasteiger partial charge < -0.3 is 14.2 Å². The molecule has 0 atom stereocenters. The van der Waals surface area contributed by atoms with Gasteiger partial charge in [0.15, 0.2) is 6.29 Å². The first-order valence-corrected chi connectivity index (χ1v) is 8.95. The van der Waals surface area contributed by atoms with Gasteiger partial charge in [0.05, 0.1) is 13.7 Å². The van der Waals surface area contributed by atoms with Crippen LogP contribution in [-0.2, 0) is 25.5 Å². The Labute approximate surface area is 169 Å². The third-order valence-electron chi connectivity index (χ3n) is 4.13. The number of aryl methyl sites for hydroxylation is 1. The number of carbonyl (C=O) groups is 3. The number of hydrogen-bond acceptors (Lipinski definition) is 6. The maximum Gasteiger partial charge on any atom is 0.330 e. The van der Waals surface area contributed by atoms with Crippen LogP contribution in [0.3, 0.4) is 0 Å². The molecule has 0 fully saturated rings. The van der Waals surface area contributed by atoms with Gasteiger partial charge in [0, 0.05) is 17.2 Å². The molecule has 0 aromatic heterocycles. The number of esters is 1. The first-order valence-electron chi connectivity index (χ1n) is 8.95. The molecule has 6 nitrogen and oxygen atoms in total. The second kappa shape index (κ2) is 11.2. The molecule has 0 saturated heterocycles. The molecule has 0 spiro atoms. The fourth-order valence-corrected chi connectivity index (χ4v) is 2.67. The Morgan fingerprint density at radius 3 is 2.48 bits per heavy atom. The molecule has 0 N–H and O–H groups in total. The van der Waals surface area contributed by atoms with E-state index in [2.05, 4.69) is 6.58 Å². The van der Waals surface area contributed by atoms with E-state index in [4.69, 9.17) is 14.2 Å². The normalized spacial score (nSPS) is 10.7. The SMILES string of the molecule is C=CC(=O)OCCCc1ccc(/C=C(\C=O)c2ccc(OC=O)cc2)c(OC)c1. The molecule has 0 radical (unpaired) electrons. The zero-order valence-corrected chi connectivity index (χ0v) is 16.1. The fourth-order valence-electron chi connectivity index (χ4n) is 2.67. The van der Waals surface area contributed by atoms with E-state index in [0.29, 0.717) is 48.6 Å². The molecule has 0 saturated carbocycles. The topological polar surface area (TPSA) is 78.9 Å². The Morgan fingerprint density at radius 1 is 1.10 bits per heavy atom. The number of methoxy groups -OCH3 is 1. The molecular formula is C23H22O6. The lowest BCUT2D eigenvalue weighted by molar-refractivity contribution is -0.137. The van der Waals surface area contributed by atoms with Gasteiger partial charge in [-0.25, -0.2) is 4.79 Å². The van der Waals surface area contributed by atoms with Crippen molar-refractivity contribution in [2.45, 2.75) is 12.8 Å². The molecule has 150 valence electrons. The Bertz CT molecular complexity index is 896. The highest BCUT2D eigenvalue weighted by Gasteiger charge is 2.07. The van der Waals surface area contributed by atoms with Gasteiger partial charge in [-0.2, -0.15) is 0 Å². The van der Waals surface area contributed by atoms with Crippen molar-refractivity contribution in [3.05, 3.63) is 71.8 Å². The first-order chi connectivity index (χ1) is 14.1. The second-order valence-corrected chi connectivity index (χ2v) is 6.01. The summed E-state index contributed by atoms with van der Waals surface area (Å²) in [5.74, 6) is 0.593. The van der Waals surface area contributed by atoms with E-state index < -0.39 is 5.97 Å². The average molecular weight is 394 g/mol. The third kappa shape index (κ3) is 6.46. The summed E-state index contributed by atoms with van der Waals surface area (Å²) in [4.78, 5) is 33.0. The van der Waals surface area contributed by atoms with Crippen LogP contribution in [0, 0.1) is 0 Å². The van der Waals surface area contributed by atoms with Crippen LogP contribution in [-0.4, -0.2) is 32.4 Å². The van der Waals surface area contributed by atoms with Crippen LogP contribution >= 0.6 is 0 Å². The Balaban J connectivity index is 2.15. The van der Waals surface area contributed by atoms with Gasteiger partial charge in [-0.1, -0.05) is 30.8 Å². The van der Waals surface area contributed by atoms with Crippen LogP contribution in [0.25, 0.3) is 11.6 Å². The third-order valence-corrected chi connectivity index (χ3v) is 4.13. The largest absolute Gasteiger partial charge is 0.496 e. The van der Waals surface area contributed by atoms with Gasteiger partial charge in [-0.05, 0) is 48.2 Å². The Morgan fingerprint density at radius 2 is 1.86 bits per heavy atom. The number of rotatable bonds is 11. The average Bonchev–Trinajstić information content (AvgIpc) is 2.76. The van der Waals surface area contributed by atoms with E-state index in [1.165, 1.54) is 0 Å². The number of benzene rings is 2. The predicted octanol–water partition coefficient (Wildman–Crippen LogP) is 3.63. The quantitative estimate of drug-likeness (QED) is 0.190. The van der Waals surface area contributed by atoms with Gasteiger partial charge in [0.2, 0.25) is 0 Å². The minimum atomic E-state index is -0.435. The number of aldehydes is 1. The molecule has 2 aromatic carbocycles. The van der Waals surface area contributed by atoms with Gasteiger partial charge in [0.25, 0.3) is 6.47 Å². The minimum Gasteiger partial charge on any atom is -0.496 e. The molecule has 29 heavy (non-hydrogen) atoms. The molecule has 0 amide bonds. The number of carbonyl (C=O) groups excluding carboxylic acids is 3. The fraction of sp³-hybridized carbons (Fsp3) is 0.174. The van der Waals surface area contributed by atoms with Crippen LogP contribution in [0.4, 0.5) is 0 Å². The maximum atomic E-state index is 11.6. The zero-order chi connectivity index (χ0) is 21.1. The van der Waals surface area contributed by atoms with E-state index in [9.17, 15) is 14.4 Å². The van der Waals surface area contributed by atoms with Crippen molar-refractivity contribution in [2.75, 3.05) is 13.7 Å². The predicted molar refractivity (Wildman–Crippen MR) is 110 cm³/mol. The summed E-state index contributed by atoms with van der Waals surface area (Å²) in [6, 6.07) is 12.3. The lowest BCUT2D eigenvalue weighted by Gasteiger charge is -2.10. The van der Waals surface area contributed by atoms with Crippen LogP contribution in [0.1, 0.15) is 23.1 Å².